The van der Waals surface area contributed by atoms with Crippen molar-refractivity contribution in [2.45, 2.75) is 62.8 Å². The van der Waals surface area contributed by atoms with Gasteiger partial charge in [0.1, 0.15) is 5.82 Å². The molecule has 1 N–H and O–H groups in total. The number of nitrogens with one attached hydrogen (secondary N) is 1. The number of likely N-dealkylation sites (tertiary alicyclic amines) is 1. The summed E-state index contributed by atoms with van der Waals surface area (Å²) < 4.78 is 42.0. The van der Waals surface area contributed by atoms with Crippen molar-refractivity contribution in [1.82, 2.24) is 19.6 Å². The van der Waals surface area contributed by atoms with Crippen LogP contribution < -0.4 is 5.32 Å². The molecule has 3 aliphatic rings. The lowest BCUT2D eigenvalue weighted by molar-refractivity contribution is -0.174. The molecule has 0 unspecified atom stereocenters. The first-order valence-electron chi connectivity index (χ1n) is 10.1. The Labute approximate surface area is 163 Å². The van der Waals surface area contributed by atoms with Gasteiger partial charge in [-0.15, -0.1) is 0 Å². The van der Waals surface area contributed by atoms with E-state index in [9.17, 15) is 18.0 Å². The minimum Gasteiger partial charge on any atom is -0.367 e. The maximum atomic E-state index is 13.7. The fourth-order valence-electron chi connectivity index (χ4n) is 4.54. The summed E-state index contributed by atoms with van der Waals surface area (Å²) in [5.74, 6) is 0.341. The number of aromatic nitrogens is 2. The van der Waals surface area contributed by atoms with E-state index in [1.54, 1.807) is 4.90 Å². The van der Waals surface area contributed by atoms with Crippen molar-refractivity contribution in [3.8, 4) is 0 Å². The third-order valence-corrected chi connectivity index (χ3v) is 6.09. The highest BCUT2D eigenvalue weighted by Gasteiger charge is 2.49. The van der Waals surface area contributed by atoms with E-state index in [-0.39, 0.29) is 30.1 Å². The molecule has 156 valence electrons. The quantitative estimate of drug-likeness (QED) is 0.845. The number of likely N-dealkylation sites (N-methyl/N-ethyl adjacent to an activating group) is 1. The Morgan fingerprint density at radius 1 is 1.29 bits per heavy atom. The van der Waals surface area contributed by atoms with Crippen LogP contribution in [0, 0.1) is 5.92 Å². The second-order valence-electron chi connectivity index (χ2n) is 8.65. The Bertz CT molecular complexity index is 728. The third kappa shape index (κ3) is 3.86. The second-order valence-corrected chi connectivity index (χ2v) is 8.65. The number of piperidine rings is 1. The van der Waals surface area contributed by atoms with Crippen molar-refractivity contribution in [3.05, 3.63) is 11.8 Å². The van der Waals surface area contributed by atoms with Gasteiger partial charge in [-0.2, -0.15) is 18.3 Å². The first-order valence-corrected chi connectivity index (χ1v) is 10.1. The number of anilines is 1. The minimum atomic E-state index is -4.38. The maximum Gasteiger partial charge on any atom is 0.410 e. The molecule has 1 aromatic rings. The van der Waals surface area contributed by atoms with Gasteiger partial charge in [0, 0.05) is 31.2 Å². The highest BCUT2D eigenvalue weighted by molar-refractivity contribution is 5.93. The van der Waals surface area contributed by atoms with Crippen LogP contribution >= 0.6 is 0 Å². The molecule has 1 saturated heterocycles. The van der Waals surface area contributed by atoms with Gasteiger partial charge in [0.25, 0.3) is 5.91 Å². The first-order chi connectivity index (χ1) is 13.2. The van der Waals surface area contributed by atoms with E-state index in [0.717, 1.165) is 43.3 Å². The van der Waals surface area contributed by atoms with Gasteiger partial charge >= 0.3 is 6.18 Å². The van der Waals surface area contributed by atoms with Crippen molar-refractivity contribution in [2.75, 3.05) is 32.5 Å². The van der Waals surface area contributed by atoms with E-state index in [0.29, 0.717) is 18.3 Å². The molecule has 1 saturated carbocycles. The Morgan fingerprint density at radius 3 is 2.68 bits per heavy atom. The molecule has 0 spiro atoms. The molecule has 1 aliphatic carbocycles. The Kier molecular flexibility index (Phi) is 5.05. The molecule has 4 rings (SSSR count). The van der Waals surface area contributed by atoms with Gasteiger partial charge in [-0.1, -0.05) is 0 Å². The average Bonchev–Trinajstić information content (AvgIpc) is 3.38. The summed E-state index contributed by atoms with van der Waals surface area (Å²) in [7, 11) is 3.92. The standard InChI is InChI=1S/C19H28F3N5O/c1-25(2)11-13-5-3-4-8-26(13)18(28)15-10-17-23-14(12-6-7-12)9-16(19(20,21)22)27(17)24-15/h10,12-14,16,23H,3-9,11H2,1-2H3/t13-,14-,16+/m0/s1. The Balaban J connectivity index is 1.60. The average molecular weight is 399 g/mol. The number of amides is 1. The van der Waals surface area contributed by atoms with Crippen molar-refractivity contribution >= 4 is 11.7 Å². The molecule has 1 amide bonds. The highest BCUT2D eigenvalue weighted by atomic mass is 19.4. The number of nitrogens with zero attached hydrogens (tertiary/aromatic N) is 4. The van der Waals surface area contributed by atoms with Gasteiger partial charge in [-0.3, -0.25) is 4.79 Å². The maximum absolute atomic E-state index is 13.7. The topological polar surface area (TPSA) is 53.4 Å². The van der Waals surface area contributed by atoms with Crippen molar-refractivity contribution < 1.29 is 18.0 Å². The lowest BCUT2D eigenvalue weighted by Crippen LogP contribution is -2.48. The molecular weight excluding hydrogens is 371 g/mol. The summed E-state index contributed by atoms with van der Waals surface area (Å²) in [6.45, 7) is 1.37. The molecule has 1 aromatic heterocycles. The number of halogens is 3. The first kappa shape index (κ1) is 19.5. The normalized spacial score (nSPS) is 28.2. The number of hydrogen-bond donors (Lipinski definition) is 1. The fourth-order valence-corrected chi connectivity index (χ4v) is 4.54. The van der Waals surface area contributed by atoms with Crippen LogP contribution in [0.15, 0.2) is 6.07 Å². The summed E-state index contributed by atoms with van der Waals surface area (Å²) in [5.41, 5.74) is 0.110. The SMILES string of the molecule is CN(C)C[C@@H]1CCCCN1C(=O)c1cc2n(n1)[C@@H](C(F)(F)F)C[C@@H](C1CC1)N2. The molecule has 28 heavy (non-hydrogen) atoms. The zero-order valence-corrected chi connectivity index (χ0v) is 16.4. The molecular formula is C19H28F3N5O. The molecule has 2 fully saturated rings. The van der Waals surface area contributed by atoms with E-state index >= 15 is 0 Å². The molecule has 3 heterocycles. The monoisotopic (exact) mass is 399 g/mol. The predicted octanol–water partition coefficient (Wildman–Crippen LogP) is 3.14. The van der Waals surface area contributed by atoms with E-state index in [1.165, 1.54) is 6.07 Å². The van der Waals surface area contributed by atoms with Crippen LogP contribution in [0.2, 0.25) is 0 Å². The van der Waals surface area contributed by atoms with Gasteiger partial charge in [0.05, 0.1) is 0 Å². The molecule has 6 nitrogen and oxygen atoms in total. The summed E-state index contributed by atoms with van der Waals surface area (Å²) in [5, 5.41) is 7.34. The smallest absolute Gasteiger partial charge is 0.367 e. The Hall–Kier alpha value is -1.77. The largest absolute Gasteiger partial charge is 0.410 e. The van der Waals surface area contributed by atoms with Crippen molar-refractivity contribution in [1.29, 1.82) is 0 Å². The fraction of sp³-hybridized carbons (Fsp3) is 0.789. The molecule has 2 aliphatic heterocycles. The van der Waals surface area contributed by atoms with E-state index in [1.807, 2.05) is 19.0 Å². The van der Waals surface area contributed by atoms with Crippen LogP contribution in [0.3, 0.4) is 0 Å². The zero-order valence-electron chi connectivity index (χ0n) is 16.4. The number of alkyl halides is 3. The number of rotatable bonds is 4. The van der Waals surface area contributed by atoms with Crippen LogP contribution in [0.5, 0.6) is 0 Å². The zero-order chi connectivity index (χ0) is 20.1. The number of fused-ring (bicyclic) bond motifs is 1. The van der Waals surface area contributed by atoms with Crippen molar-refractivity contribution in [2.24, 2.45) is 5.92 Å². The van der Waals surface area contributed by atoms with Crippen LogP contribution in [0.4, 0.5) is 19.0 Å². The van der Waals surface area contributed by atoms with Crippen LogP contribution in [0.25, 0.3) is 0 Å². The lowest BCUT2D eigenvalue weighted by Gasteiger charge is -2.36. The van der Waals surface area contributed by atoms with Gasteiger partial charge in [-0.05, 0) is 58.5 Å². The molecule has 0 aromatic carbocycles. The van der Waals surface area contributed by atoms with Gasteiger partial charge < -0.3 is 15.1 Å². The van der Waals surface area contributed by atoms with Crippen LogP contribution in [0.1, 0.15) is 55.1 Å². The lowest BCUT2D eigenvalue weighted by atomic mass is 10.00. The molecule has 0 bridgehead atoms. The third-order valence-electron chi connectivity index (χ3n) is 6.09. The van der Waals surface area contributed by atoms with Gasteiger partial charge in [0.2, 0.25) is 0 Å². The predicted molar refractivity (Wildman–Crippen MR) is 99.3 cm³/mol. The molecule has 9 heteroatoms. The second kappa shape index (κ2) is 7.24. The molecule has 0 radical (unpaired) electrons. The van der Waals surface area contributed by atoms with E-state index in [2.05, 4.69) is 10.4 Å². The summed E-state index contributed by atoms with van der Waals surface area (Å²) >= 11 is 0. The summed E-state index contributed by atoms with van der Waals surface area (Å²) in [4.78, 5) is 16.9. The highest BCUT2D eigenvalue weighted by Crippen LogP contribution is 2.45. The van der Waals surface area contributed by atoms with Crippen molar-refractivity contribution in [3.63, 3.8) is 0 Å². The van der Waals surface area contributed by atoms with Crippen LogP contribution in [-0.4, -0.2) is 70.9 Å². The Morgan fingerprint density at radius 2 is 2.04 bits per heavy atom. The number of hydrogen-bond acceptors (Lipinski definition) is 4. The molecule has 3 atom stereocenters. The minimum absolute atomic E-state index is 0.0244. The van der Waals surface area contributed by atoms with Gasteiger partial charge in [0.15, 0.2) is 11.7 Å². The number of carbonyl (C=O) groups is 1. The summed E-state index contributed by atoms with van der Waals surface area (Å²) in [6, 6.07) is -0.289. The van der Waals surface area contributed by atoms with E-state index in [4.69, 9.17) is 0 Å². The summed E-state index contributed by atoms with van der Waals surface area (Å²) in [6.07, 6.45) is 0.395. The van der Waals surface area contributed by atoms with Gasteiger partial charge in [-0.25, -0.2) is 4.68 Å². The number of carbonyl (C=O) groups excluding carboxylic acids is 1. The van der Waals surface area contributed by atoms with Crippen LogP contribution in [-0.2, 0) is 0 Å². The van der Waals surface area contributed by atoms with E-state index < -0.39 is 12.2 Å².